The second-order valence-corrected chi connectivity index (χ2v) is 9.18. The normalized spacial score (nSPS) is 25.9. The van der Waals surface area contributed by atoms with E-state index in [9.17, 15) is 19.6 Å². The van der Waals surface area contributed by atoms with E-state index in [2.05, 4.69) is 0 Å². The van der Waals surface area contributed by atoms with Crippen molar-refractivity contribution >= 4 is 13.6 Å². The molecule has 0 heterocycles. The molecule has 1 fully saturated rings. The summed E-state index contributed by atoms with van der Waals surface area (Å²) in [5, 5.41) is 9.32. The molecule has 0 aromatic heterocycles. The van der Waals surface area contributed by atoms with Gasteiger partial charge in [0.25, 0.3) is 0 Å². The Bertz CT molecular complexity index is 1080. The summed E-state index contributed by atoms with van der Waals surface area (Å²) in [6.07, 6.45) is 8.26. The minimum Gasteiger partial charge on any atom is -0.496 e. The Morgan fingerprint density at radius 1 is 1.23 bits per heavy atom. The third-order valence-corrected chi connectivity index (χ3v) is 6.78. The van der Waals surface area contributed by atoms with E-state index in [-0.39, 0.29) is 88.0 Å². The molecular weight excluding hydrogens is 435 g/mol. The summed E-state index contributed by atoms with van der Waals surface area (Å²) in [4.78, 5) is 18.5. The van der Waals surface area contributed by atoms with Crippen LogP contribution in [0.3, 0.4) is 0 Å². The standard InChI is InChI=1S/C22H26NO5P.2Na/c1-27-22(16-9-10-17(13-23)20(12-16)28-29(24,25)26)21-15-6-4-8-19(21)18-7-3-2-5-14(18)11-15;;/h9-10,12,15,19H,2-8,11H2,1H3,(H2,24,25,26);;/q;2*+1/b22-21+;;/i1D3;;. The number of allylic oxidation sites excluding steroid dienone is 3. The number of nitriles is 1. The summed E-state index contributed by atoms with van der Waals surface area (Å²) in [6, 6.07) is 6.07. The summed E-state index contributed by atoms with van der Waals surface area (Å²) in [6.45, 7) is 0. The van der Waals surface area contributed by atoms with Crippen LogP contribution in [0.4, 0.5) is 0 Å². The van der Waals surface area contributed by atoms with E-state index in [0.29, 0.717) is 5.56 Å². The van der Waals surface area contributed by atoms with Crippen LogP contribution in [0.25, 0.3) is 5.76 Å². The molecule has 2 unspecified atom stereocenters. The van der Waals surface area contributed by atoms with Crippen molar-refractivity contribution in [2.24, 2.45) is 11.8 Å². The summed E-state index contributed by atoms with van der Waals surface area (Å²) in [7, 11) is -7.61. The van der Waals surface area contributed by atoms with Gasteiger partial charge in [-0.15, -0.1) is 0 Å². The molecule has 4 rings (SSSR count). The molecule has 1 saturated carbocycles. The van der Waals surface area contributed by atoms with Crippen LogP contribution in [0.5, 0.6) is 5.75 Å². The average molecular weight is 464 g/mol. The van der Waals surface area contributed by atoms with Crippen molar-refractivity contribution in [2.75, 3.05) is 7.04 Å². The van der Waals surface area contributed by atoms with Gasteiger partial charge in [-0.2, -0.15) is 5.26 Å². The molecule has 0 amide bonds. The van der Waals surface area contributed by atoms with Crippen molar-refractivity contribution in [3.63, 3.8) is 0 Å². The molecule has 1 aromatic rings. The van der Waals surface area contributed by atoms with E-state index in [4.69, 9.17) is 13.4 Å². The fourth-order valence-corrected chi connectivity index (χ4v) is 5.68. The van der Waals surface area contributed by atoms with Crippen LogP contribution < -0.4 is 63.6 Å². The molecule has 3 aliphatic carbocycles. The number of hydrogen-bond acceptors (Lipinski definition) is 4. The molecule has 154 valence electrons. The van der Waals surface area contributed by atoms with Gasteiger partial charge in [-0.3, -0.25) is 9.79 Å². The molecule has 3 aliphatic rings. The third-order valence-electron chi connectivity index (χ3n) is 6.35. The van der Waals surface area contributed by atoms with Crippen molar-refractivity contribution < 1.29 is 86.8 Å². The maximum absolute atomic E-state index is 11.4. The SMILES string of the molecule is [2H]C([2H])([2H])O/C(=C1\C2CCCC1C1=C(CCCC1)C2)c1ccc(C#N)c(OP(=O)(O)O)c1.[Na+].[Na+]. The molecule has 2 atom stereocenters. The molecule has 31 heavy (non-hydrogen) atoms. The van der Waals surface area contributed by atoms with Crippen LogP contribution in [-0.2, 0) is 9.30 Å². The van der Waals surface area contributed by atoms with Crippen LogP contribution in [-0.4, -0.2) is 16.8 Å². The molecule has 0 aliphatic heterocycles. The zero-order valence-electron chi connectivity index (χ0n) is 21.1. The van der Waals surface area contributed by atoms with Crippen molar-refractivity contribution in [3.8, 4) is 11.8 Å². The van der Waals surface area contributed by atoms with Gasteiger partial charge in [0.15, 0.2) is 0 Å². The summed E-state index contributed by atoms with van der Waals surface area (Å²) in [5.74, 6) is 0.211. The zero-order chi connectivity index (χ0) is 23.1. The smallest absolute Gasteiger partial charge is 0.496 e. The van der Waals surface area contributed by atoms with Crippen molar-refractivity contribution in [1.29, 1.82) is 5.26 Å². The fraction of sp³-hybridized carbons (Fsp3) is 0.500. The van der Waals surface area contributed by atoms with Crippen LogP contribution >= 0.6 is 7.82 Å². The maximum atomic E-state index is 11.4. The Morgan fingerprint density at radius 3 is 2.71 bits per heavy atom. The van der Waals surface area contributed by atoms with Crippen LogP contribution in [0.2, 0.25) is 0 Å². The molecule has 0 radical (unpaired) electrons. The Kier molecular flexibility index (Phi) is 8.34. The van der Waals surface area contributed by atoms with Gasteiger partial charge in [0.05, 0.1) is 16.7 Å². The number of benzene rings is 1. The second-order valence-electron chi connectivity index (χ2n) is 8.01. The Morgan fingerprint density at radius 2 is 2.00 bits per heavy atom. The average Bonchev–Trinajstić information content (AvgIpc) is 2.70. The van der Waals surface area contributed by atoms with Gasteiger partial charge in [-0.25, -0.2) is 4.57 Å². The molecule has 1 aromatic carbocycles. The Labute approximate surface area is 232 Å². The maximum Gasteiger partial charge on any atom is 1.00 e. The first kappa shape index (κ1) is 22.7. The summed E-state index contributed by atoms with van der Waals surface area (Å²) in [5.41, 5.74) is 4.16. The van der Waals surface area contributed by atoms with E-state index in [1.165, 1.54) is 29.7 Å². The minimum atomic E-state index is -4.92. The predicted molar refractivity (Wildman–Crippen MR) is 109 cm³/mol. The van der Waals surface area contributed by atoms with Crippen LogP contribution in [0.15, 0.2) is 34.9 Å². The van der Waals surface area contributed by atoms with Crippen molar-refractivity contribution in [1.82, 2.24) is 0 Å². The van der Waals surface area contributed by atoms with Crippen molar-refractivity contribution in [2.45, 2.75) is 51.4 Å². The Hall–Kier alpha value is -0.0600. The molecule has 6 nitrogen and oxygen atoms in total. The summed E-state index contributed by atoms with van der Waals surface area (Å²) >= 11 is 0. The minimum absolute atomic E-state index is 0. The number of ether oxygens (including phenoxy) is 1. The number of methoxy groups -OCH3 is 1. The molecule has 9 heteroatoms. The predicted octanol–water partition coefficient (Wildman–Crippen LogP) is -0.914. The van der Waals surface area contributed by atoms with Gasteiger partial charge in [0.2, 0.25) is 0 Å². The second kappa shape index (κ2) is 11.4. The van der Waals surface area contributed by atoms with E-state index in [1.807, 2.05) is 6.07 Å². The molecule has 2 N–H and O–H groups in total. The van der Waals surface area contributed by atoms with E-state index < -0.39 is 14.9 Å². The number of fused-ring (bicyclic) bond motifs is 3. The van der Waals surface area contributed by atoms with Crippen molar-refractivity contribution in [3.05, 3.63) is 46.0 Å². The van der Waals surface area contributed by atoms with Gasteiger partial charge < -0.3 is 9.26 Å². The molecular formula is C22H26NNa2O5P+2. The first-order chi connectivity index (χ1) is 15.1. The number of phosphoric ester groups is 1. The third kappa shape index (κ3) is 5.90. The van der Waals surface area contributed by atoms with Gasteiger partial charge in [-0.05, 0) is 74.6 Å². The molecule has 0 saturated heterocycles. The van der Waals surface area contributed by atoms with Gasteiger partial charge in [0.1, 0.15) is 17.6 Å². The number of rotatable bonds is 4. The first-order valence-electron chi connectivity index (χ1n) is 11.5. The van der Waals surface area contributed by atoms with Crippen LogP contribution in [0.1, 0.15) is 66.6 Å². The van der Waals surface area contributed by atoms with E-state index in [0.717, 1.165) is 50.5 Å². The fourth-order valence-electron chi connectivity index (χ4n) is 5.27. The van der Waals surface area contributed by atoms with E-state index in [1.54, 1.807) is 6.07 Å². The number of hydrogen-bond donors (Lipinski definition) is 2. The Balaban J connectivity index is 0.00000204. The summed E-state index contributed by atoms with van der Waals surface area (Å²) < 4.78 is 45.0. The molecule has 2 bridgehead atoms. The quantitative estimate of drug-likeness (QED) is 0.259. The monoisotopic (exact) mass is 464 g/mol. The topological polar surface area (TPSA) is 99.8 Å². The number of nitrogens with zero attached hydrogens (tertiary/aromatic N) is 1. The van der Waals surface area contributed by atoms with Gasteiger partial charge in [-0.1, -0.05) is 17.6 Å². The zero-order valence-corrected chi connectivity index (χ0v) is 23.0. The van der Waals surface area contributed by atoms with E-state index >= 15 is 0 Å². The van der Waals surface area contributed by atoms with Gasteiger partial charge in [0, 0.05) is 11.5 Å². The molecule has 0 spiro atoms. The number of phosphoric acid groups is 1. The van der Waals surface area contributed by atoms with Crippen LogP contribution in [0, 0.1) is 23.2 Å². The largest absolute Gasteiger partial charge is 1.00 e. The first-order valence-corrected chi connectivity index (χ1v) is 11.5. The van der Waals surface area contributed by atoms with Gasteiger partial charge >= 0.3 is 66.9 Å².